The molecular weight excluding hydrogens is 417 g/mol. The van der Waals surface area contributed by atoms with Gasteiger partial charge in [0.1, 0.15) is 17.5 Å². The molecule has 1 aliphatic carbocycles. The monoisotopic (exact) mass is 438 g/mol. The first-order valence-electron chi connectivity index (χ1n) is 10.5. The first-order chi connectivity index (χ1) is 15.4. The Balaban J connectivity index is 1.43. The fraction of sp³-hybridized carbons (Fsp3) is 0.250. The molecule has 1 fully saturated rings. The second-order valence-corrected chi connectivity index (χ2v) is 8.34. The zero-order chi connectivity index (χ0) is 22.4. The largest absolute Gasteiger partial charge is 0.352 e. The summed E-state index contributed by atoms with van der Waals surface area (Å²) >= 11 is 0. The normalized spacial score (nSPS) is 19.0. The molecule has 0 saturated heterocycles. The highest BCUT2D eigenvalue weighted by atomic mass is 19.1. The van der Waals surface area contributed by atoms with Crippen LogP contribution in [0.1, 0.15) is 43.0 Å². The van der Waals surface area contributed by atoms with Gasteiger partial charge in [0.2, 0.25) is 5.91 Å². The topological polar surface area (TPSA) is 73.6 Å². The molecule has 2 aromatic carbocycles. The minimum atomic E-state index is -0.684. The van der Waals surface area contributed by atoms with Crippen LogP contribution in [0.15, 0.2) is 48.7 Å². The van der Waals surface area contributed by atoms with Crippen molar-refractivity contribution in [1.29, 1.82) is 0 Å². The van der Waals surface area contributed by atoms with Crippen molar-refractivity contribution in [2.24, 2.45) is 5.92 Å². The maximum atomic E-state index is 14.5. The summed E-state index contributed by atoms with van der Waals surface area (Å²) in [6.45, 7) is 1.87. The van der Waals surface area contributed by atoms with Crippen LogP contribution in [0.3, 0.4) is 0 Å². The van der Waals surface area contributed by atoms with E-state index >= 15 is 0 Å². The predicted molar refractivity (Wildman–Crippen MR) is 114 cm³/mol. The van der Waals surface area contributed by atoms with Gasteiger partial charge < -0.3 is 10.3 Å². The van der Waals surface area contributed by atoms with Gasteiger partial charge in [-0.25, -0.2) is 13.2 Å². The van der Waals surface area contributed by atoms with Gasteiger partial charge in [-0.2, -0.15) is 5.10 Å². The maximum absolute atomic E-state index is 14.5. The van der Waals surface area contributed by atoms with Crippen LogP contribution in [0.2, 0.25) is 0 Å². The van der Waals surface area contributed by atoms with Crippen LogP contribution in [0.5, 0.6) is 0 Å². The van der Waals surface area contributed by atoms with Gasteiger partial charge in [0, 0.05) is 23.6 Å². The molecule has 0 spiro atoms. The van der Waals surface area contributed by atoms with Gasteiger partial charge in [0.15, 0.2) is 0 Å². The minimum absolute atomic E-state index is 0.0526. The van der Waals surface area contributed by atoms with Crippen molar-refractivity contribution in [2.75, 3.05) is 0 Å². The Morgan fingerprint density at radius 3 is 2.53 bits per heavy atom. The second kappa shape index (κ2) is 7.85. The Kier molecular flexibility index (Phi) is 5.00. The van der Waals surface area contributed by atoms with Crippen molar-refractivity contribution in [3.63, 3.8) is 0 Å². The third kappa shape index (κ3) is 3.55. The number of hydrogen-bond acceptors (Lipinski definition) is 2. The van der Waals surface area contributed by atoms with E-state index in [-0.39, 0.29) is 35.1 Å². The molecule has 0 bridgehead atoms. The molecular formula is C24H21F3N4O. The van der Waals surface area contributed by atoms with E-state index in [2.05, 4.69) is 20.5 Å². The lowest BCUT2D eigenvalue weighted by molar-refractivity contribution is -0.128. The van der Waals surface area contributed by atoms with E-state index in [9.17, 15) is 18.0 Å². The first-order valence-corrected chi connectivity index (χ1v) is 10.5. The van der Waals surface area contributed by atoms with Crippen LogP contribution < -0.4 is 5.32 Å². The number of nitrogens with one attached hydrogen (secondary N) is 3. The molecule has 1 atom stereocenters. The highest BCUT2D eigenvalue weighted by Crippen LogP contribution is 2.48. The van der Waals surface area contributed by atoms with E-state index in [4.69, 9.17) is 0 Å². The molecule has 4 aromatic rings. The molecule has 2 heterocycles. The smallest absolute Gasteiger partial charge is 0.223 e. The molecule has 1 saturated carbocycles. The molecule has 2 aromatic heterocycles. The van der Waals surface area contributed by atoms with Crippen LogP contribution in [0, 0.1) is 23.4 Å². The third-order valence-corrected chi connectivity index (χ3v) is 6.26. The number of H-pyrrole nitrogens is 2. The van der Waals surface area contributed by atoms with Gasteiger partial charge in [-0.15, -0.1) is 0 Å². The van der Waals surface area contributed by atoms with Gasteiger partial charge in [-0.3, -0.25) is 9.89 Å². The third-order valence-electron chi connectivity index (χ3n) is 6.26. The maximum Gasteiger partial charge on any atom is 0.223 e. The Bertz CT molecular complexity index is 1280. The minimum Gasteiger partial charge on any atom is -0.352 e. The van der Waals surface area contributed by atoms with Gasteiger partial charge in [0.25, 0.3) is 0 Å². The van der Waals surface area contributed by atoms with Crippen molar-refractivity contribution in [2.45, 2.75) is 31.7 Å². The summed E-state index contributed by atoms with van der Waals surface area (Å²) in [7, 11) is 0. The standard InChI is InChI=1S/C24H21F3N4O/c1-12(20-6-7-28-31-20)29-24(32)15-8-14(9-15)21-18-10-17(26)11-19(27)23(18)30-22(21)13-2-4-16(25)5-3-13/h2-7,10-12,14-15,30H,8-9H2,1H3,(H,28,31)(H,29,32). The van der Waals surface area contributed by atoms with Gasteiger partial charge in [-0.05, 0) is 73.2 Å². The van der Waals surface area contributed by atoms with Crippen LogP contribution >= 0.6 is 0 Å². The summed E-state index contributed by atoms with van der Waals surface area (Å²) in [6.07, 6.45) is 2.74. The molecule has 1 aliphatic rings. The molecule has 0 aliphatic heterocycles. The van der Waals surface area contributed by atoms with Crippen molar-refractivity contribution < 1.29 is 18.0 Å². The van der Waals surface area contributed by atoms with Crippen molar-refractivity contribution >= 4 is 16.8 Å². The number of aromatic nitrogens is 3. The molecule has 164 valence electrons. The van der Waals surface area contributed by atoms with Crippen molar-refractivity contribution in [1.82, 2.24) is 20.5 Å². The van der Waals surface area contributed by atoms with E-state index in [1.165, 1.54) is 18.2 Å². The molecule has 1 unspecified atom stereocenters. The quantitative estimate of drug-likeness (QED) is 0.393. The Morgan fingerprint density at radius 2 is 1.84 bits per heavy atom. The summed E-state index contributed by atoms with van der Waals surface area (Å²) in [6, 6.07) is 9.62. The molecule has 0 radical (unpaired) electrons. The number of carbonyl (C=O) groups is 1. The Hall–Kier alpha value is -3.55. The van der Waals surface area contributed by atoms with E-state index in [1.807, 2.05) is 6.92 Å². The predicted octanol–water partition coefficient (Wildman–Crippen LogP) is 5.35. The highest BCUT2D eigenvalue weighted by molar-refractivity contribution is 5.92. The van der Waals surface area contributed by atoms with E-state index < -0.39 is 11.6 Å². The number of hydrogen-bond donors (Lipinski definition) is 3. The fourth-order valence-electron chi connectivity index (χ4n) is 4.49. The van der Waals surface area contributed by atoms with Crippen LogP contribution in [0.4, 0.5) is 13.2 Å². The lowest BCUT2D eigenvalue weighted by Crippen LogP contribution is -2.39. The zero-order valence-electron chi connectivity index (χ0n) is 17.3. The summed E-state index contributed by atoms with van der Waals surface area (Å²) < 4.78 is 42.0. The number of halogens is 3. The number of aromatic amines is 2. The molecule has 32 heavy (non-hydrogen) atoms. The second-order valence-electron chi connectivity index (χ2n) is 8.34. The number of carbonyl (C=O) groups excluding carboxylic acids is 1. The molecule has 5 rings (SSSR count). The van der Waals surface area contributed by atoms with Crippen LogP contribution in [-0.2, 0) is 4.79 Å². The van der Waals surface area contributed by atoms with E-state index in [0.717, 1.165) is 17.3 Å². The van der Waals surface area contributed by atoms with E-state index in [1.54, 1.807) is 24.4 Å². The summed E-state index contributed by atoms with van der Waals surface area (Å²) in [4.78, 5) is 15.8. The molecule has 8 heteroatoms. The number of fused-ring (bicyclic) bond motifs is 1. The highest BCUT2D eigenvalue weighted by Gasteiger charge is 2.39. The fourth-order valence-corrected chi connectivity index (χ4v) is 4.49. The van der Waals surface area contributed by atoms with Crippen molar-refractivity contribution in [3.05, 3.63) is 77.4 Å². The SMILES string of the molecule is CC(NC(=O)C1CC(c2c(-c3ccc(F)cc3)[nH]c3c(F)cc(F)cc23)C1)c1ccn[nH]1. The Labute approximate surface area is 182 Å². The number of amides is 1. The molecule has 5 nitrogen and oxygen atoms in total. The lowest BCUT2D eigenvalue weighted by Gasteiger charge is -2.35. The van der Waals surface area contributed by atoms with Crippen molar-refractivity contribution in [3.8, 4) is 11.3 Å². The summed E-state index contributed by atoms with van der Waals surface area (Å²) in [5.74, 6) is -2.04. The molecule has 1 amide bonds. The first kappa shape index (κ1) is 20.4. The number of rotatable bonds is 5. The van der Waals surface area contributed by atoms with E-state index in [0.29, 0.717) is 29.5 Å². The van der Waals surface area contributed by atoms with Gasteiger partial charge in [0.05, 0.1) is 22.9 Å². The summed E-state index contributed by atoms with van der Waals surface area (Å²) in [5.41, 5.74) is 3.09. The van der Waals surface area contributed by atoms with Crippen LogP contribution in [-0.4, -0.2) is 21.1 Å². The molecule has 3 N–H and O–H groups in total. The average molecular weight is 438 g/mol. The average Bonchev–Trinajstić information content (AvgIpc) is 3.37. The number of nitrogens with zero attached hydrogens (tertiary/aromatic N) is 1. The lowest BCUT2D eigenvalue weighted by atomic mass is 9.69. The van der Waals surface area contributed by atoms with Crippen LogP contribution in [0.25, 0.3) is 22.2 Å². The zero-order valence-corrected chi connectivity index (χ0v) is 17.3. The van der Waals surface area contributed by atoms with Gasteiger partial charge in [-0.1, -0.05) is 0 Å². The number of benzene rings is 2. The summed E-state index contributed by atoms with van der Waals surface area (Å²) in [5, 5.41) is 10.2. The van der Waals surface area contributed by atoms with Gasteiger partial charge >= 0.3 is 0 Å². The Morgan fingerprint density at radius 1 is 1.09 bits per heavy atom.